The highest BCUT2D eigenvalue weighted by atomic mass is 16.5. The quantitative estimate of drug-likeness (QED) is 0.354. The van der Waals surface area contributed by atoms with Gasteiger partial charge in [0.25, 0.3) is 0 Å². The van der Waals surface area contributed by atoms with Crippen LogP contribution in [0.2, 0.25) is 0 Å². The third kappa shape index (κ3) is 5.09. The minimum absolute atomic E-state index is 0.172. The molecule has 0 aliphatic heterocycles. The number of aliphatic carboxylic acids is 1. The molecule has 0 aromatic rings. The van der Waals surface area contributed by atoms with E-state index in [1.54, 1.807) is 27.9 Å². The van der Waals surface area contributed by atoms with Gasteiger partial charge in [0, 0.05) is 13.7 Å². The minimum atomic E-state index is -1.50. The maximum absolute atomic E-state index is 12.1. The Morgan fingerprint density at radius 1 is 1.20 bits per heavy atom. The molecule has 1 N–H and O–H groups in total. The summed E-state index contributed by atoms with van der Waals surface area (Å²) in [5, 5.41) is 9.47. The molecule has 0 aliphatic carbocycles. The highest BCUT2D eigenvalue weighted by Crippen LogP contribution is 2.35. The second kappa shape index (κ2) is 9.72. The van der Waals surface area contributed by atoms with Crippen molar-refractivity contribution < 1.29 is 28.9 Å². The van der Waals surface area contributed by atoms with E-state index in [1.165, 1.54) is 0 Å². The maximum Gasteiger partial charge on any atom is 0.323 e. The molecule has 0 saturated heterocycles. The van der Waals surface area contributed by atoms with Crippen molar-refractivity contribution >= 4 is 11.9 Å². The van der Waals surface area contributed by atoms with Gasteiger partial charge in [0.15, 0.2) is 5.41 Å². The molecule has 0 aromatic heterocycles. The standard InChI is InChI=1S/C14H26O6/c1-5-20-13(17)14(11(2)3,12(15)16)7-6-8-19-10-9-18-4/h11H,5-10H2,1-4H3,(H,15,16). The molecule has 20 heavy (non-hydrogen) atoms. The van der Waals surface area contributed by atoms with Crippen molar-refractivity contribution in [3.05, 3.63) is 0 Å². The van der Waals surface area contributed by atoms with E-state index in [0.717, 1.165) is 0 Å². The summed E-state index contributed by atoms with van der Waals surface area (Å²) in [6, 6.07) is 0. The Balaban J connectivity index is 4.61. The Kier molecular flexibility index (Phi) is 9.16. The fourth-order valence-corrected chi connectivity index (χ4v) is 2.02. The van der Waals surface area contributed by atoms with E-state index >= 15 is 0 Å². The summed E-state index contributed by atoms with van der Waals surface area (Å²) in [6.07, 6.45) is 0.679. The van der Waals surface area contributed by atoms with E-state index in [2.05, 4.69) is 0 Å². The zero-order chi connectivity index (χ0) is 15.6. The molecule has 6 heteroatoms. The summed E-state index contributed by atoms with van der Waals surface area (Å²) in [5.74, 6) is -2.15. The molecule has 6 nitrogen and oxygen atoms in total. The van der Waals surface area contributed by atoms with Crippen LogP contribution in [0.15, 0.2) is 0 Å². The predicted molar refractivity (Wildman–Crippen MR) is 73.5 cm³/mol. The first-order valence-electron chi connectivity index (χ1n) is 6.90. The number of hydrogen-bond acceptors (Lipinski definition) is 5. The molecule has 1 unspecified atom stereocenters. The predicted octanol–water partition coefficient (Wildman–Crippen LogP) is 1.72. The Hall–Kier alpha value is -1.14. The zero-order valence-corrected chi connectivity index (χ0v) is 12.8. The molecule has 0 radical (unpaired) electrons. The van der Waals surface area contributed by atoms with Crippen LogP contribution < -0.4 is 0 Å². The third-order valence-electron chi connectivity index (χ3n) is 3.30. The van der Waals surface area contributed by atoms with Crippen LogP contribution in [-0.2, 0) is 23.8 Å². The third-order valence-corrected chi connectivity index (χ3v) is 3.30. The zero-order valence-electron chi connectivity index (χ0n) is 12.8. The van der Waals surface area contributed by atoms with Gasteiger partial charge >= 0.3 is 11.9 Å². The lowest BCUT2D eigenvalue weighted by Gasteiger charge is -2.30. The number of carboxylic acids is 1. The number of carbonyl (C=O) groups is 2. The maximum atomic E-state index is 12.1. The molecule has 1 atom stereocenters. The van der Waals surface area contributed by atoms with Crippen molar-refractivity contribution in [2.24, 2.45) is 11.3 Å². The first kappa shape index (κ1) is 18.9. The van der Waals surface area contributed by atoms with Gasteiger partial charge in [0.1, 0.15) is 0 Å². The molecule has 0 spiro atoms. The molecular formula is C14H26O6. The van der Waals surface area contributed by atoms with Crippen molar-refractivity contribution in [1.29, 1.82) is 0 Å². The van der Waals surface area contributed by atoms with Crippen LogP contribution in [0.25, 0.3) is 0 Å². The summed E-state index contributed by atoms with van der Waals surface area (Å²) in [5.41, 5.74) is -1.50. The van der Waals surface area contributed by atoms with Crippen LogP contribution in [0, 0.1) is 11.3 Å². The lowest BCUT2D eigenvalue weighted by molar-refractivity contribution is -0.173. The lowest BCUT2D eigenvalue weighted by atomic mass is 9.73. The molecule has 0 amide bonds. The van der Waals surface area contributed by atoms with Gasteiger partial charge in [-0.2, -0.15) is 0 Å². The minimum Gasteiger partial charge on any atom is -0.480 e. The molecule has 0 aliphatic rings. The average Bonchev–Trinajstić information content (AvgIpc) is 2.37. The smallest absolute Gasteiger partial charge is 0.323 e. The lowest BCUT2D eigenvalue weighted by Crippen LogP contribution is -2.45. The Labute approximate surface area is 120 Å². The molecule has 0 saturated carbocycles. The van der Waals surface area contributed by atoms with E-state index in [0.29, 0.717) is 26.2 Å². The summed E-state index contributed by atoms with van der Waals surface area (Å²) in [7, 11) is 1.58. The molecular weight excluding hydrogens is 264 g/mol. The van der Waals surface area contributed by atoms with Crippen LogP contribution >= 0.6 is 0 Å². The van der Waals surface area contributed by atoms with Crippen LogP contribution in [0.3, 0.4) is 0 Å². The van der Waals surface area contributed by atoms with Gasteiger partial charge in [0.05, 0.1) is 19.8 Å². The Bertz CT molecular complexity index is 302. The van der Waals surface area contributed by atoms with E-state index in [1.807, 2.05) is 0 Å². The molecule has 0 aromatic carbocycles. The fourth-order valence-electron chi connectivity index (χ4n) is 2.02. The number of carboxylic acid groups (broad SMARTS) is 1. The molecule has 0 rings (SSSR count). The number of methoxy groups -OCH3 is 1. The summed E-state index contributed by atoms with van der Waals surface area (Å²) >= 11 is 0. The number of hydrogen-bond donors (Lipinski definition) is 1. The molecule has 0 heterocycles. The van der Waals surface area contributed by atoms with Crippen molar-refractivity contribution in [1.82, 2.24) is 0 Å². The number of esters is 1. The van der Waals surface area contributed by atoms with Crippen molar-refractivity contribution in [2.75, 3.05) is 33.5 Å². The first-order valence-corrected chi connectivity index (χ1v) is 6.90. The van der Waals surface area contributed by atoms with Crippen LogP contribution in [0.4, 0.5) is 0 Å². The summed E-state index contributed by atoms with van der Waals surface area (Å²) in [6.45, 7) is 6.62. The van der Waals surface area contributed by atoms with E-state index in [4.69, 9.17) is 14.2 Å². The summed E-state index contributed by atoms with van der Waals surface area (Å²) < 4.78 is 15.1. The first-order chi connectivity index (χ1) is 9.43. The fraction of sp³-hybridized carbons (Fsp3) is 0.857. The van der Waals surface area contributed by atoms with Crippen LogP contribution in [0.5, 0.6) is 0 Å². The molecule has 118 valence electrons. The summed E-state index contributed by atoms with van der Waals surface area (Å²) in [4.78, 5) is 23.6. The van der Waals surface area contributed by atoms with Crippen LogP contribution in [-0.4, -0.2) is 50.6 Å². The topological polar surface area (TPSA) is 82.1 Å². The van der Waals surface area contributed by atoms with Gasteiger partial charge < -0.3 is 19.3 Å². The van der Waals surface area contributed by atoms with Crippen LogP contribution in [0.1, 0.15) is 33.6 Å². The normalized spacial score (nSPS) is 14.1. The number of ether oxygens (including phenoxy) is 3. The van der Waals surface area contributed by atoms with E-state index in [9.17, 15) is 14.7 Å². The Morgan fingerprint density at radius 2 is 1.85 bits per heavy atom. The average molecular weight is 290 g/mol. The van der Waals surface area contributed by atoms with Crippen molar-refractivity contribution in [2.45, 2.75) is 33.6 Å². The van der Waals surface area contributed by atoms with Crippen molar-refractivity contribution in [3.8, 4) is 0 Å². The van der Waals surface area contributed by atoms with Gasteiger partial charge in [-0.05, 0) is 25.7 Å². The van der Waals surface area contributed by atoms with Gasteiger partial charge in [-0.1, -0.05) is 13.8 Å². The van der Waals surface area contributed by atoms with Gasteiger partial charge in [0.2, 0.25) is 0 Å². The van der Waals surface area contributed by atoms with Crippen molar-refractivity contribution in [3.63, 3.8) is 0 Å². The largest absolute Gasteiger partial charge is 0.480 e. The molecule has 0 bridgehead atoms. The highest BCUT2D eigenvalue weighted by Gasteiger charge is 2.49. The van der Waals surface area contributed by atoms with Gasteiger partial charge in [-0.3, -0.25) is 9.59 Å². The van der Waals surface area contributed by atoms with Gasteiger partial charge in [-0.25, -0.2) is 0 Å². The monoisotopic (exact) mass is 290 g/mol. The SMILES string of the molecule is CCOC(=O)C(CCCOCCOC)(C(=O)O)C(C)C. The van der Waals surface area contributed by atoms with E-state index in [-0.39, 0.29) is 18.9 Å². The number of carbonyl (C=O) groups excluding carboxylic acids is 1. The second-order valence-electron chi connectivity index (χ2n) is 4.86. The second-order valence-corrected chi connectivity index (χ2v) is 4.86. The Morgan fingerprint density at radius 3 is 2.30 bits per heavy atom. The van der Waals surface area contributed by atoms with Gasteiger partial charge in [-0.15, -0.1) is 0 Å². The number of rotatable bonds is 11. The molecule has 0 fully saturated rings. The highest BCUT2D eigenvalue weighted by molar-refractivity contribution is 5.99. The van der Waals surface area contributed by atoms with E-state index < -0.39 is 17.4 Å².